The van der Waals surface area contributed by atoms with Gasteiger partial charge in [-0.25, -0.2) is 0 Å². The zero-order valence-corrected chi connectivity index (χ0v) is 15.8. The summed E-state index contributed by atoms with van der Waals surface area (Å²) in [6.07, 6.45) is 2.86. The number of rotatable bonds is 5. The number of thioether (sulfide) groups is 1. The van der Waals surface area contributed by atoms with Crippen LogP contribution < -0.4 is 10.1 Å². The molecular formula is C18H24N2O3S. The van der Waals surface area contributed by atoms with Crippen molar-refractivity contribution in [3.63, 3.8) is 0 Å². The van der Waals surface area contributed by atoms with E-state index in [1.54, 1.807) is 11.8 Å². The molecular weight excluding hydrogens is 324 g/mol. The number of nitrogens with zero attached hydrogens (tertiary/aromatic N) is 1. The number of hydrogen-bond donors (Lipinski definition) is 1. The van der Waals surface area contributed by atoms with Gasteiger partial charge in [-0.05, 0) is 57.7 Å². The second kappa shape index (κ2) is 7.40. The van der Waals surface area contributed by atoms with Crippen LogP contribution in [0.15, 0.2) is 29.3 Å². The van der Waals surface area contributed by atoms with Crippen LogP contribution in [0.25, 0.3) is 10.9 Å². The number of nitrogens with one attached hydrogen (secondary N) is 1. The van der Waals surface area contributed by atoms with E-state index in [9.17, 15) is 4.79 Å². The molecule has 0 radical (unpaired) electrons. The van der Waals surface area contributed by atoms with E-state index in [4.69, 9.17) is 9.47 Å². The third-order valence-corrected chi connectivity index (χ3v) is 4.02. The number of amides is 1. The average Bonchev–Trinajstić information content (AvgIpc) is 2.50. The Kier molecular flexibility index (Phi) is 5.72. The minimum Gasteiger partial charge on any atom is -0.455 e. The van der Waals surface area contributed by atoms with Crippen LogP contribution in [0.4, 0.5) is 0 Å². The third-order valence-electron chi connectivity index (χ3n) is 3.33. The molecule has 0 saturated carbocycles. The van der Waals surface area contributed by atoms with Gasteiger partial charge < -0.3 is 14.8 Å². The Morgan fingerprint density at radius 1 is 1.29 bits per heavy atom. The number of benzene rings is 1. The summed E-state index contributed by atoms with van der Waals surface area (Å²) < 4.78 is 11.0. The summed E-state index contributed by atoms with van der Waals surface area (Å²) in [4.78, 5) is 17.8. The third kappa shape index (κ3) is 4.61. The minimum absolute atomic E-state index is 0.307. The van der Waals surface area contributed by atoms with Gasteiger partial charge in [-0.15, -0.1) is 11.8 Å². The van der Waals surface area contributed by atoms with Crippen molar-refractivity contribution in [1.82, 2.24) is 10.3 Å². The molecule has 1 unspecified atom stereocenters. The molecule has 5 nitrogen and oxygen atoms in total. The predicted molar refractivity (Wildman–Crippen MR) is 97.6 cm³/mol. The summed E-state index contributed by atoms with van der Waals surface area (Å²) in [6.45, 7) is 7.70. The summed E-state index contributed by atoms with van der Waals surface area (Å²) >= 11 is 1.63. The number of ether oxygens (including phenoxy) is 2. The number of aryl methyl sites for hydroxylation is 1. The molecule has 1 atom stereocenters. The van der Waals surface area contributed by atoms with Crippen LogP contribution in [-0.2, 0) is 9.53 Å². The zero-order chi connectivity index (χ0) is 17.9. The lowest BCUT2D eigenvalue weighted by molar-refractivity contribution is -0.149. The first-order valence-corrected chi connectivity index (χ1v) is 8.92. The van der Waals surface area contributed by atoms with Crippen molar-refractivity contribution >= 4 is 28.6 Å². The van der Waals surface area contributed by atoms with Gasteiger partial charge in [0, 0.05) is 29.1 Å². The van der Waals surface area contributed by atoms with Crippen LogP contribution in [-0.4, -0.2) is 36.1 Å². The molecule has 0 aliphatic rings. The Bertz CT molecular complexity index is 741. The first kappa shape index (κ1) is 18.5. The summed E-state index contributed by atoms with van der Waals surface area (Å²) in [5.74, 6) is 0.273. The molecule has 0 saturated heterocycles. The summed E-state index contributed by atoms with van der Waals surface area (Å²) in [5.41, 5.74) is 1.56. The second-order valence-electron chi connectivity index (χ2n) is 6.61. The summed E-state index contributed by atoms with van der Waals surface area (Å²) in [6, 6.07) is 5.81. The summed E-state index contributed by atoms with van der Waals surface area (Å²) in [5, 5.41) is 3.83. The molecule has 2 aromatic rings. The van der Waals surface area contributed by atoms with E-state index in [0.717, 1.165) is 21.4 Å². The minimum atomic E-state index is -1.00. The van der Waals surface area contributed by atoms with Gasteiger partial charge in [-0.2, -0.15) is 0 Å². The van der Waals surface area contributed by atoms with Crippen molar-refractivity contribution < 1.29 is 14.3 Å². The van der Waals surface area contributed by atoms with Gasteiger partial charge >= 0.3 is 0 Å². The second-order valence-corrected chi connectivity index (χ2v) is 7.49. The predicted octanol–water partition coefficient (Wildman–Crippen LogP) is 3.53. The van der Waals surface area contributed by atoms with E-state index >= 15 is 0 Å². The SMILES string of the molecule is COC(Oc1cc(C)c2ncc(SC)cc2c1)C(=O)NC(C)(C)C. The first-order chi connectivity index (χ1) is 11.2. The average molecular weight is 348 g/mol. The lowest BCUT2D eigenvalue weighted by Crippen LogP contribution is -2.48. The number of carbonyl (C=O) groups excluding carboxylic acids is 1. The number of aromatic nitrogens is 1. The van der Waals surface area contributed by atoms with E-state index in [-0.39, 0.29) is 11.4 Å². The number of methoxy groups -OCH3 is 1. The van der Waals surface area contributed by atoms with Crippen LogP contribution in [0, 0.1) is 6.92 Å². The highest BCUT2D eigenvalue weighted by Gasteiger charge is 2.24. The standard InChI is InChI=1S/C18H24N2O3S/c1-11-7-13(8-12-9-14(24-6)10-19-15(11)12)23-17(22-5)16(21)20-18(2,3)4/h7-10,17H,1-6H3,(H,20,21). The maximum Gasteiger partial charge on any atom is 0.290 e. The number of fused-ring (bicyclic) bond motifs is 1. The lowest BCUT2D eigenvalue weighted by atomic mass is 10.1. The van der Waals surface area contributed by atoms with Crippen LogP contribution >= 0.6 is 11.8 Å². The molecule has 2 rings (SSSR count). The number of hydrogen-bond acceptors (Lipinski definition) is 5. The van der Waals surface area contributed by atoms with Gasteiger partial charge in [0.2, 0.25) is 0 Å². The molecule has 1 amide bonds. The number of pyridine rings is 1. The first-order valence-electron chi connectivity index (χ1n) is 7.69. The highest BCUT2D eigenvalue weighted by molar-refractivity contribution is 7.98. The van der Waals surface area contributed by atoms with Gasteiger partial charge in [-0.1, -0.05) is 0 Å². The molecule has 0 aliphatic heterocycles. The maximum absolute atomic E-state index is 12.3. The van der Waals surface area contributed by atoms with Crippen LogP contribution in [0.5, 0.6) is 5.75 Å². The molecule has 1 aromatic heterocycles. The van der Waals surface area contributed by atoms with E-state index in [1.165, 1.54) is 7.11 Å². The van der Waals surface area contributed by atoms with Crippen molar-refractivity contribution in [3.05, 3.63) is 30.0 Å². The molecule has 1 aromatic carbocycles. The quantitative estimate of drug-likeness (QED) is 0.662. The van der Waals surface area contributed by atoms with Crippen molar-refractivity contribution in [2.45, 2.75) is 44.4 Å². The van der Waals surface area contributed by atoms with Crippen molar-refractivity contribution in [1.29, 1.82) is 0 Å². The number of carbonyl (C=O) groups is 1. The molecule has 1 N–H and O–H groups in total. The van der Waals surface area contributed by atoms with Crippen molar-refractivity contribution in [3.8, 4) is 5.75 Å². The highest BCUT2D eigenvalue weighted by atomic mass is 32.2. The molecule has 0 aliphatic carbocycles. The van der Waals surface area contributed by atoms with E-state index in [0.29, 0.717) is 5.75 Å². The molecule has 130 valence electrons. The Morgan fingerprint density at radius 3 is 2.58 bits per heavy atom. The Morgan fingerprint density at radius 2 is 2.00 bits per heavy atom. The van der Waals surface area contributed by atoms with Crippen LogP contribution in [0.3, 0.4) is 0 Å². The largest absolute Gasteiger partial charge is 0.455 e. The van der Waals surface area contributed by atoms with Gasteiger partial charge in [0.15, 0.2) is 0 Å². The summed E-state index contributed by atoms with van der Waals surface area (Å²) in [7, 11) is 1.45. The smallest absolute Gasteiger partial charge is 0.290 e. The monoisotopic (exact) mass is 348 g/mol. The normalized spacial score (nSPS) is 12.9. The molecule has 0 spiro atoms. The molecule has 0 bridgehead atoms. The zero-order valence-electron chi connectivity index (χ0n) is 15.0. The maximum atomic E-state index is 12.3. The Hall–Kier alpha value is -1.79. The fraction of sp³-hybridized carbons (Fsp3) is 0.444. The molecule has 24 heavy (non-hydrogen) atoms. The van der Waals surface area contributed by atoms with E-state index < -0.39 is 6.29 Å². The van der Waals surface area contributed by atoms with Gasteiger partial charge in [0.1, 0.15) is 5.75 Å². The fourth-order valence-electron chi connectivity index (χ4n) is 2.32. The van der Waals surface area contributed by atoms with E-state index in [1.807, 2.05) is 52.3 Å². The highest BCUT2D eigenvalue weighted by Crippen LogP contribution is 2.27. The van der Waals surface area contributed by atoms with Gasteiger partial charge in [0.05, 0.1) is 5.52 Å². The van der Waals surface area contributed by atoms with Crippen molar-refractivity contribution in [2.75, 3.05) is 13.4 Å². The van der Waals surface area contributed by atoms with Crippen molar-refractivity contribution in [2.24, 2.45) is 0 Å². The Labute approximate surface area is 147 Å². The fourth-order valence-corrected chi connectivity index (χ4v) is 2.72. The van der Waals surface area contributed by atoms with Crippen LogP contribution in [0.2, 0.25) is 0 Å². The molecule has 1 heterocycles. The van der Waals surface area contributed by atoms with E-state index in [2.05, 4.69) is 16.4 Å². The topological polar surface area (TPSA) is 60.5 Å². The van der Waals surface area contributed by atoms with Crippen LogP contribution in [0.1, 0.15) is 26.3 Å². The lowest BCUT2D eigenvalue weighted by Gasteiger charge is -2.24. The Balaban J connectivity index is 2.29. The molecule has 0 fully saturated rings. The van der Waals surface area contributed by atoms with Gasteiger partial charge in [0.25, 0.3) is 12.2 Å². The molecule has 6 heteroatoms. The van der Waals surface area contributed by atoms with Gasteiger partial charge in [-0.3, -0.25) is 9.78 Å².